The average molecular weight is 285 g/mol. The summed E-state index contributed by atoms with van der Waals surface area (Å²) in [5.41, 5.74) is 1.93. The molecule has 0 aliphatic carbocycles. The number of hydrogen-bond donors (Lipinski definition) is 2. The third-order valence-electron chi connectivity index (χ3n) is 2.81. The zero-order valence-electron chi connectivity index (χ0n) is 12.0. The monoisotopic (exact) mass is 285 g/mol. The summed E-state index contributed by atoms with van der Waals surface area (Å²) in [7, 11) is 0. The van der Waals surface area contributed by atoms with Gasteiger partial charge in [-0.15, -0.1) is 0 Å². The van der Waals surface area contributed by atoms with Gasteiger partial charge in [0.2, 0.25) is 0 Å². The van der Waals surface area contributed by atoms with Gasteiger partial charge in [0.1, 0.15) is 12.4 Å². The lowest BCUT2D eigenvalue weighted by atomic mass is 10.2. The van der Waals surface area contributed by atoms with Crippen molar-refractivity contribution >= 4 is 12.2 Å². The van der Waals surface area contributed by atoms with E-state index in [1.165, 1.54) is 0 Å². The number of alkyl carbamates (subject to hydrolysis) is 1. The Morgan fingerprint density at radius 1 is 1.38 bits per heavy atom. The average Bonchev–Trinajstić information content (AvgIpc) is 2.91. The van der Waals surface area contributed by atoms with Gasteiger partial charge in [0, 0.05) is 6.54 Å². The van der Waals surface area contributed by atoms with Crippen molar-refractivity contribution in [3.8, 4) is 0 Å². The van der Waals surface area contributed by atoms with Gasteiger partial charge in [-0.25, -0.2) is 9.78 Å². The van der Waals surface area contributed by atoms with Gasteiger partial charge in [-0.3, -0.25) is 0 Å². The standard InChI is InChI=1S/C16H19N3O2/c1-13-18-11-15(19-13)9-5-6-10-17-16(20)21-12-14-7-3-2-4-8-14/h2-5,7-9,11H,6,10,12H2,1H3,(H,17,20)(H,18,19). The van der Waals surface area contributed by atoms with Crippen molar-refractivity contribution in [3.05, 3.63) is 59.7 Å². The molecule has 21 heavy (non-hydrogen) atoms. The Morgan fingerprint density at radius 3 is 2.90 bits per heavy atom. The number of amides is 1. The zero-order chi connectivity index (χ0) is 14.9. The summed E-state index contributed by atoms with van der Waals surface area (Å²) in [6.07, 6.45) is 6.03. The predicted molar refractivity (Wildman–Crippen MR) is 81.6 cm³/mol. The summed E-state index contributed by atoms with van der Waals surface area (Å²) in [5.74, 6) is 0.886. The molecular formula is C16H19N3O2. The van der Waals surface area contributed by atoms with Crippen LogP contribution in [0.15, 0.2) is 42.6 Å². The summed E-state index contributed by atoms with van der Waals surface area (Å²) in [5, 5.41) is 2.71. The zero-order valence-corrected chi connectivity index (χ0v) is 12.0. The number of aromatic amines is 1. The van der Waals surface area contributed by atoms with E-state index < -0.39 is 6.09 Å². The second-order valence-corrected chi connectivity index (χ2v) is 4.60. The van der Waals surface area contributed by atoms with Crippen LogP contribution < -0.4 is 5.32 Å². The van der Waals surface area contributed by atoms with Crippen LogP contribution in [0.5, 0.6) is 0 Å². The SMILES string of the molecule is Cc1ncc(C=CCCNC(=O)OCc2ccccc2)[nH]1. The molecule has 0 bridgehead atoms. The van der Waals surface area contributed by atoms with E-state index in [4.69, 9.17) is 4.74 Å². The van der Waals surface area contributed by atoms with Crippen LogP contribution in [0.1, 0.15) is 23.5 Å². The highest BCUT2D eigenvalue weighted by Gasteiger charge is 2.00. The molecule has 110 valence electrons. The fourth-order valence-electron chi connectivity index (χ4n) is 1.77. The molecule has 0 saturated heterocycles. The largest absolute Gasteiger partial charge is 0.445 e. The van der Waals surface area contributed by atoms with Gasteiger partial charge in [-0.2, -0.15) is 0 Å². The Bertz CT molecular complexity index is 591. The number of H-pyrrole nitrogens is 1. The number of aryl methyl sites for hydroxylation is 1. The van der Waals surface area contributed by atoms with E-state index in [0.717, 1.165) is 23.5 Å². The van der Waals surface area contributed by atoms with Crippen molar-refractivity contribution in [2.24, 2.45) is 0 Å². The van der Waals surface area contributed by atoms with Gasteiger partial charge in [0.05, 0.1) is 11.9 Å². The molecule has 1 heterocycles. The quantitative estimate of drug-likeness (QED) is 0.802. The lowest BCUT2D eigenvalue weighted by molar-refractivity contribution is 0.140. The molecule has 5 heteroatoms. The predicted octanol–water partition coefficient (Wildman–Crippen LogP) is 3.05. The van der Waals surface area contributed by atoms with Gasteiger partial charge in [0.25, 0.3) is 0 Å². The van der Waals surface area contributed by atoms with E-state index in [9.17, 15) is 4.79 Å². The van der Waals surface area contributed by atoms with E-state index in [1.807, 2.05) is 49.4 Å². The number of aromatic nitrogens is 2. The van der Waals surface area contributed by atoms with Crippen molar-refractivity contribution in [1.29, 1.82) is 0 Å². The molecule has 0 fully saturated rings. The van der Waals surface area contributed by atoms with Crippen LogP contribution in [-0.2, 0) is 11.3 Å². The van der Waals surface area contributed by atoms with E-state index in [0.29, 0.717) is 6.54 Å². The molecule has 1 aromatic carbocycles. The summed E-state index contributed by atoms with van der Waals surface area (Å²) in [6, 6.07) is 9.60. The first-order valence-electron chi connectivity index (χ1n) is 6.87. The van der Waals surface area contributed by atoms with E-state index >= 15 is 0 Å². The van der Waals surface area contributed by atoms with Gasteiger partial charge in [0.15, 0.2) is 0 Å². The third-order valence-corrected chi connectivity index (χ3v) is 2.81. The Morgan fingerprint density at radius 2 is 2.19 bits per heavy atom. The summed E-state index contributed by atoms with van der Waals surface area (Å²) in [6.45, 7) is 2.73. The molecule has 0 aliphatic rings. The first-order valence-corrected chi connectivity index (χ1v) is 6.87. The molecule has 0 spiro atoms. The molecule has 0 radical (unpaired) electrons. The molecule has 0 aliphatic heterocycles. The topological polar surface area (TPSA) is 67.0 Å². The number of rotatable bonds is 6. The van der Waals surface area contributed by atoms with Crippen molar-refractivity contribution < 1.29 is 9.53 Å². The second kappa shape index (κ2) is 7.89. The Labute approximate surface area is 124 Å². The summed E-state index contributed by atoms with van der Waals surface area (Å²) in [4.78, 5) is 18.7. The molecule has 2 rings (SSSR count). The lowest BCUT2D eigenvalue weighted by Crippen LogP contribution is -2.24. The van der Waals surface area contributed by atoms with E-state index in [1.54, 1.807) is 6.20 Å². The fourth-order valence-corrected chi connectivity index (χ4v) is 1.77. The maximum atomic E-state index is 11.5. The van der Waals surface area contributed by atoms with Gasteiger partial charge < -0.3 is 15.0 Å². The molecule has 0 unspecified atom stereocenters. The molecule has 2 aromatic rings. The Balaban J connectivity index is 1.60. The van der Waals surface area contributed by atoms with Crippen molar-refractivity contribution in [2.45, 2.75) is 20.0 Å². The fraction of sp³-hybridized carbons (Fsp3) is 0.250. The molecule has 1 aromatic heterocycles. The number of nitrogens with one attached hydrogen (secondary N) is 2. The highest BCUT2D eigenvalue weighted by molar-refractivity contribution is 5.67. The minimum absolute atomic E-state index is 0.288. The molecule has 5 nitrogen and oxygen atoms in total. The number of benzene rings is 1. The molecule has 1 amide bonds. The highest BCUT2D eigenvalue weighted by Crippen LogP contribution is 2.01. The minimum Gasteiger partial charge on any atom is -0.445 e. The van der Waals surface area contributed by atoms with Crippen LogP contribution in [-0.4, -0.2) is 22.6 Å². The van der Waals surface area contributed by atoms with Crippen molar-refractivity contribution in [2.75, 3.05) is 6.54 Å². The van der Waals surface area contributed by atoms with Crippen LogP contribution in [0.2, 0.25) is 0 Å². The maximum Gasteiger partial charge on any atom is 0.407 e. The van der Waals surface area contributed by atoms with Crippen LogP contribution in [0.3, 0.4) is 0 Å². The van der Waals surface area contributed by atoms with Crippen LogP contribution in [0, 0.1) is 6.92 Å². The van der Waals surface area contributed by atoms with Crippen LogP contribution >= 0.6 is 0 Å². The number of ether oxygens (including phenoxy) is 1. The van der Waals surface area contributed by atoms with Gasteiger partial charge >= 0.3 is 6.09 Å². The number of hydrogen-bond acceptors (Lipinski definition) is 3. The maximum absolute atomic E-state index is 11.5. The van der Waals surface area contributed by atoms with Gasteiger partial charge in [-0.05, 0) is 25.0 Å². The minimum atomic E-state index is -0.398. The van der Waals surface area contributed by atoms with E-state index in [2.05, 4.69) is 15.3 Å². The van der Waals surface area contributed by atoms with Crippen LogP contribution in [0.25, 0.3) is 6.08 Å². The van der Waals surface area contributed by atoms with E-state index in [-0.39, 0.29) is 6.61 Å². The lowest BCUT2D eigenvalue weighted by Gasteiger charge is -2.05. The highest BCUT2D eigenvalue weighted by atomic mass is 16.5. The number of carbonyl (C=O) groups is 1. The number of carbonyl (C=O) groups excluding carboxylic acids is 1. The third kappa shape index (κ3) is 5.52. The molecule has 0 atom stereocenters. The normalized spacial score (nSPS) is 10.7. The van der Waals surface area contributed by atoms with Gasteiger partial charge in [-0.1, -0.05) is 36.4 Å². The second-order valence-electron chi connectivity index (χ2n) is 4.60. The first kappa shape index (κ1) is 14.8. The Kier molecular flexibility index (Phi) is 5.58. The smallest absolute Gasteiger partial charge is 0.407 e. The number of nitrogens with zero attached hydrogens (tertiary/aromatic N) is 1. The first-order chi connectivity index (χ1) is 10.2. The molecule has 0 saturated carbocycles. The number of imidazole rings is 1. The Hall–Kier alpha value is -2.56. The summed E-state index contributed by atoms with van der Waals surface area (Å²) >= 11 is 0. The molecular weight excluding hydrogens is 266 g/mol. The van der Waals surface area contributed by atoms with Crippen LogP contribution in [0.4, 0.5) is 4.79 Å². The van der Waals surface area contributed by atoms with Crippen molar-refractivity contribution in [1.82, 2.24) is 15.3 Å². The van der Waals surface area contributed by atoms with Crippen molar-refractivity contribution in [3.63, 3.8) is 0 Å². The molecule has 2 N–H and O–H groups in total. The summed E-state index contributed by atoms with van der Waals surface area (Å²) < 4.78 is 5.11.